The van der Waals surface area contributed by atoms with Gasteiger partial charge in [-0.05, 0) is 76.5 Å². The molecule has 1 aromatic carbocycles. The Bertz CT molecular complexity index is 923. The van der Waals surface area contributed by atoms with Gasteiger partial charge in [0.05, 0.1) is 17.4 Å². The third kappa shape index (κ3) is 6.45. The van der Waals surface area contributed by atoms with Crippen LogP contribution in [0.5, 0.6) is 0 Å². The highest BCUT2D eigenvalue weighted by Crippen LogP contribution is 2.48. The number of ether oxygens (including phenoxy) is 2. The predicted molar refractivity (Wildman–Crippen MR) is 120 cm³/mol. The fourth-order valence-corrected chi connectivity index (χ4v) is 5.12. The summed E-state index contributed by atoms with van der Waals surface area (Å²) in [6, 6.07) is 6.69. The Morgan fingerprint density at radius 2 is 1.88 bits per heavy atom. The number of piperidine rings is 1. The summed E-state index contributed by atoms with van der Waals surface area (Å²) in [7, 11) is -3.66. The molecule has 0 radical (unpaired) electrons. The van der Waals surface area contributed by atoms with Crippen molar-refractivity contribution in [2.75, 3.05) is 26.2 Å². The third-order valence-corrected chi connectivity index (χ3v) is 7.17. The molecule has 0 unspecified atom stereocenters. The Balaban J connectivity index is 1.53. The Labute approximate surface area is 190 Å². The van der Waals surface area contributed by atoms with Crippen molar-refractivity contribution >= 4 is 22.1 Å². The topological polar surface area (TPSA) is 102 Å². The van der Waals surface area contributed by atoms with Gasteiger partial charge in [-0.2, -0.15) is 0 Å². The van der Waals surface area contributed by atoms with Crippen LogP contribution in [0.2, 0.25) is 0 Å². The van der Waals surface area contributed by atoms with Crippen molar-refractivity contribution in [3.8, 4) is 0 Å². The molecular weight excluding hydrogens is 432 g/mol. The molecule has 9 heteroatoms. The van der Waals surface area contributed by atoms with Gasteiger partial charge in [0.1, 0.15) is 5.60 Å². The van der Waals surface area contributed by atoms with E-state index < -0.39 is 15.6 Å². The minimum atomic E-state index is -3.66. The lowest BCUT2D eigenvalue weighted by atomic mass is 9.99. The number of benzene rings is 1. The van der Waals surface area contributed by atoms with E-state index in [0.717, 1.165) is 24.8 Å². The first-order valence-electron chi connectivity index (χ1n) is 11.2. The van der Waals surface area contributed by atoms with Crippen LogP contribution in [0, 0.1) is 11.8 Å². The van der Waals surface area contributed by atoms with Crippen molar-refractivity contribution in [3.05, 3.63) is 29.8 Å². The normalized spacial score (nSPS) is 23.5. The summed E-state index contributed by atoms with van der Waals surface area (Å²) in [5.41, 5.74) is 0.386. The van der Waals surface area contributed by atoms with E-state index in [1.165, 1.54) is 0 Å². The maximum Gasteiger partial charge on any atom is 0.410 e. The minimum absolute atomic E-state index is 0.0297. The van der Waals surface area contributed by atoms with Crippen molar-refractivity contribution in [1.82, 2.24) is 9.62 Å². The number of nitrogens with one attached hydrogen (secondary N) is 1. The summed E-state index contributed by atoms with van der Waals surface area (Å²) < 4.78 is 38.6. The molecule has 3 atom stereocenters. The molecule has 1 N–H and O–H groups in total. The highest BCUT2D eigenvalue weighted by Gasteiger charge is 2.45. The standard InChI is InChI=1S/C23H34N2O6S/c1-5-30-21(26)20-13-19(20)17-8-10-18(11-9-17)32(28,29)24-14-16-7-6-12-25(15-16)22(27)31-23(2,3)4/h8-11,16,19-20,24H,5-7,12-15H2,1-4H3/t16-,19-,20+/m0/s1. The number of hydrogen-bond acceptors (Lipinski definition) is 6. The molecule has 1 saturated carbocycles. The molecule has 1 saturated heterocycles. The molecule has 1 heterocycles. The summed E-state index contributed by atoms with van der Waals surface area (Å²) >= 11 is 0. The second-order valence-electron chi connectivity index (χ2n) is 9.56. The zero-order chi connectivity index (χ0) is 23.5. The molecule has 1 aliphatic heterocycles. The van der Waals surface area contributed by atoms with Crippen LogP contribution in [0.15, 0.2) is 29.2 Å². The van der Waals surface area contributed by atoms with Crippen molar-refractivity contribution < 1.29 is 27.5 Å². The average molecular weight is 467 g/mol. The lowest BCUT2D eigenvalue weighted by Crippen LogP contribution is -2.45. The highest BCUT2D eigenvalue weighted by molar-refractivity contribution is 7.89. The van der Waals surface area contributed by atoms with Gasteiger partial charge in [-0.3, -0.25) is 4.79 Å². The lowest BCUT2D eigenvalue weighted by Gasteiger charge is -2.34. The number of sulfonamides is 1. The van der Waals surface area contributed by atoms with Crippen LogP contribution in [0.4, 0.5) is 4.79 Å². The number of nitrogens with zero attached hydrogens (tertiary/aromatic N) is 1. The van der Waals surface area contributed by atoms with Crippen LogP contribution in [0.3, 0.4) is 0 Å². The highest BCUT2D eigenvalue weighted by atomic mass is 32.2. The fraction of sp³-hybridized carbons (Fsp3) is 0.652. The molecule has 3 rings (SSSR count). The van der Waals surface area contributed by atoms with E-state index in [1.54, 1.807) is 36.1 Å². The molecule has 0 bridgehead atoms. The van der Waals surface area contributed by atoms with E-state index in [1.807, 2.05) is 20.8 Å². The van der Waals surface area contributed by atoms with Gasteiger partial charge < -0.3 is 14.4 Å². The smallest absolute Gasteiger partial charge is 0.410 e. The molecule has 2 aliphatic rings. The van der Waals surface area contributed by atoms with E-state index in [9.17, 15) is 18.0 Å². The molecule has 32 heavy (non-hydrogen) atoms. The van der Waals surface area contributed by atoms with Gasteiger partial charge in [-0.15, -0.1) is 0 Å². The monoisotopic (exact) mass is 466 g/mol. The van der Waals surface area contributed by atoms with Crippen molar-refractivity contribution in [2.45, 2.75) is 63.4 Å². The van der Waals surface area contributed by atoms with Gasteiger partial charge in [0.2, 0.25) is 10.0 Å². The fourth-order valence-electron chi connectivity index (χ4n) is 4.00. The van der Waals surface area contributed by atoms with E-state index in [2.05, 4.69) is 4.72 Å². The van der Waals surface area contributed by atoms with E-state index in [4.69, 9.17) is 9.47 Å². The first kappa shape index (κ1) is 24.5. The van der Waals surface area contributed by atoms with Crippen LogP contribution in [-0.4, -0.2) is 57.2 Å². The minimum Gasteiger partial charge on any atom is -0.466 e. The van der Waals surface area contributed by atoms with Gasteiger partial charge in [0, 0.05) is 19.6 Å². The zero-order valence-electron chi connectivity index (χ0n) is 19.3. The van der Waals surface area contributed by atoms with Crippen LogP contribution in [0.1, 0.15) is 58.4 Å². The SMILES string of the molecule is CCOC(=O)[C@@H]1C[C@H]1c1ccc(S(=O)(=O)NC[C@@H]2CCCN(C(=O)OC(C)(C)C)C2)cc1. The summed E-state index contributed by atoms with van der Waals surface area (Å²) in [5, 5.41) is 0. The van der Waals surface area contributed by atoms with Crippen LogP contribution in [0.25, 0.3) is 0 Å². The predicted octanol–water partition coefficient (Wildman–Crippen LogP) is 3.28. The number of esters is 1. The summed E-state index contributed by atoms with van der Waals surface area (Å²) in [4.78, 5) is 26.0. The van der Waals surface area contributed by atoms with E-state index in [0.29, 0.717) is 19.7 Å². The summed E-state index contributed by atoms with van der Waals surface area (Å²) in [6.45, 7) is 8.97. The Hall–Kier alpha value is -2.13. The zero-order valence-corrected chi connectivity index (χ0v) is 20.1. The van der Waals surface area contributed by atoms with Crippen LogP contribution < -0.4 is 4.72 Å². The van der Waals surface area contributed by atoms with E-state index in [-0.39, 0.29) is 41.3 Å². The second-order valence-corrected chi connectivity index (χ2v) is 11.3. The molecule has 178 valence electrons. The van der Waals surface area contributed by atoms with E-state index >= 15 is 0 Å². The van der Waals surface area contributed by atoms with Crippen molar-refractivity contribution in [1.29, 1.82) is 0 Å². The summed E-state index contributed by atoms with van der Waals surface area (Å²) in [5.74, 6) is -0.194. The Morgan fingerprint density at radius 1 is 1.19 bits per heavy atom. The molecule has 8 nitrogen and oxygen atoms in total. The maximum absolute atomic E-state index is 12.7. The van der Waals surface area contributed by atoms with Crippen molar-refractivity contribution in [3.63, 3.8) is 0 Å². The molecule has 0 aromatic heterocycles. The molecular formula is C23H34N2O6S. The van der Waals surface area contributed by atoms with Crippen LogP contribution in [-0.2, 0) is 24.3 Å². The number of carbonyl (C=O) groups is 2. The summed E-state index contributed by atoms with van der Waals surface area (Å²) in [6.07, 6.45) is 2.03. The van der Waals surface area contributed by atoms with Crippen LogP contribution >= 0.6 is 0 Å². The van der Waals surface area contributed by atoms with Crippen molar-refractivity contribution in [2.24, 2.45) is 11.8 Å². The molecule has 1 aromatic rings. The second kappa shape index (κ2) is 9.79. The molecule has 0 spiro atoms. The average Bonchev–Trinajstić information content (AvgIpc) is 3.53. The first-order valence-corrected chi connectivity index (χ1v) is 12.7. The quantitative estimate of drug-likeness (QED) is 0.619. The third-order valence-electron chi connectivity index (χ3n) is 5.73. The molecule has 2 fully saturated rings. The van der Waals surface area contributed by atoms with Gasteiger partial charge in [0.25, 0.3) is 0 Å². The Morgan fingerprint density at radius 3 is 2.50 bits per heavy atom. The lowest BCUT2D eigenvalue weighted by molar-refractivity contribution is -0.144. The molecule has 1 aliphatic carbocycles. The van der Waals surface area contributed by atoms with Gasteiger partial charge >= 0.3 is 12.1 Å². The molecule has 1 amide bonds. The number of amides is 1. The largest absolute Gasteiger partial charge is 0.466 e. The van der Waals surface area contributed by atoms with Gasteiger partial charge in [0.15, 0.2) is 0 Å². The van der Waals surface area contributed by atoms with Gasteiger partial charge in [-0.25, -0.2) is 17.9 Å². The number of hydrogen-bond donors (Lipinski definition) is 1. The number of rotatable bonds is 7. The maximum atomic E-state index is 12.7. The number of carbonyl (C=O) groups excluding carboxylic acids is 2. The Kier molecular flexibility index (Phi) is 7.50. The first-order chi connectivity index (χ1) is 15.0. The number of likely N-dealkylation sites (tertiary alicyclic amines) is 1. The van der Waals surface area contributed by atoms with Gasteiger partial charge in [-0.1, -0.05) is 12.1 Å².